The van der Waals surface area contributed by atoms with E-state index in [1.165, 1.54) is 0 Å². The fourth-order valence-electron chi connectivity index (χ4n) is 1.48. The zero-order valence-electron chi connectivity index (χ0n) is 7.94. The predicted molar refractivity (Wildman–Crippen MR) is 60.2 cm³/mol. The van der Waals surface area contributed by atoms with Crippen molar-refractivity contribution in [3.05, 3.63) is 34.8 Å². The average molecular weight is 254 g/mol. The van der Waals surface area contributed by atoms with E-state index in [0.29, 0.717) is 0 Å². The van der Waals surface area contributed by atoms with Crippen LogP contribution in [0.3, 0.4) is 0 Å². The van der Waals surface area contributed by atoms with E-state index in [2.05, 4.69) is 25.3 Å². The number of nitrogens with two attached hydrogens (primary N) is 1. The van der Waals surface area contributed by atoms with Gasteiger partial charge in [-0.25, -0.2) is 4.98 Å². The van der Waals surface area contributed by atoms with Crippen molar-refractivity contribution in [1.82, 2.24) is 9.38 Å². The fraction of sp³-hybridized carbons (Fsp3) is 0.300. The summed E-state index contributed by atoms with van der Waals surface area (Å²) in [7, 11) is 0. The number of nitrogens with zero attached hydrogens (tertiary/aromatic N) is 2. The van der Waals surface area contributed by atoms with E-state index in [-0.39, 0.29) is 6.04 Å². The summed E-state index contributed by atoms with van der Waals surface area (Å²) in [6.07, 6.45) is 4.66. The number of imidazole rings is 1. The Bertz CT molecular complexity index is 448. The molecule has 0 fully saturated rings. The van der Waals surface area contributed by atoms with E-state index < -0.39 is 0 Å². The molecule has 3 nitrogen and oxygen atoms in total. The number of rotatable bonds is 2. The van der Waals surface area contributed by atoms with Crippen molar-refractivity contribution in [3.8, 4) is 0 Å². The van der Waals surface area contributed by atoms with Gasteiger partial charge < -0.3 is 10.1 Å². The van der Waals surface area contributed by atoms with Crippen LogP contribution in [0.25, 0.3) is 5.52 Å². The van der Waals surface area contributed by atoms with E-state index in [0.717, 1.165) is 22.2 Å². The highest BCUT2D eigenvalue weighted by molar-refractivity contribution is 9.10. The van der Waals surface area contributed by atoms with Gasteiger partial charge in [0.2, 0.25) is 0 Å². The molecular formula is C10H12BrN3. The number of aromatic nitrogens is 2. The molecule has 0 amide bonds. The molecular weight excluding hydrogens is 242 g/mol. The molecule has 2 rings (SSSR count). The third-order valence-electron chi connectivity index (χ3n) is 2.10. The lowest BCUT2D eigenvalue weighted by Gasteiger charge is -2.04. The molecule has 0 aliphatic heterocycles. The maximum atomic E-state index is 5.75. The van der Waals surface area contributed by atoms with Crippen molar-refractivity contribution < 1.29 is 0 Å². The van der Waals surface area contributed by atoms with E-state index in [4.69, 9.17) is 5.73 Å². The van der Waals surface area contributed by atoms with Crippen molar-refractivity contribution in [2.75, 3.05) is 0 Å². The van der Waals surface area contributed by atoms with Crippen molar-refractivity contribution in [3.63, 3.8) is 0 Å². The van der Waals surface area contributed by atoms with Crippen molar-refractivity contribution in [2.24, 2.45) is 5.73 Å². The Kier molecular flexibility index (Phi) is 2.56. The molecule has 1 unspecified atom stereocenters. The topological polar surface area (TPSA) is 43.3 Å². The number of fused-ring (bicyclic) bond motifs is 1. The van der Waals surface area contributed by atoms with Gasteiger partial charge in [-0.3, -0.25) is 0 Å². The monoisotopic (exact) mass is 253 g/mol. The second-order valence-corrected chi connectivity index (χ2v) is 4.32. The fourth-order valence-corrected chi connectivity index (χ4v) is 1.93. The molecule has 0 aliphatic rings. The van der Waals surface area contributed by atoms with Crippen LogP contribution >= 0.6 is 15.9 Å². The highest BCUT2D eigenvalue weighted by Gasteiger charge is 2.06. The summed E-state index contributed by atoms with van der Waals surface area (Å²) >= 11 is 3.48. The van der Waals surface area contributed by atoms with Gasteiger partial charge in [0, 0.05) is 23.1 Å². The van der Waals surface area contributed by atoms with Crippen LogP contribution in [-0.2, 0) is 6.42 Å². The van der Waals surface area contributed by atoms with Gasteiger partial charge in [-0.15, -0.1) is 0 Å². The molecule has 2 heterocycles. The standard InChI is InChI=1S/C10H12BrN3/c1-7(12)5-10-13-6-9-8(11)3-2-4-14(9)10/h2-4,6-7H,5,12H2,1H3. The van der Waals surface area contributed by atoms with Crippen LogP contribution in [0.15, 0.2) is 29.0 Å². The smallest absolute Gasteiger partial charge is 0.114 e. The van der Waals surface area contributed by atoms with E-state index in [1.807, 2.05) is 31.5 Å². The van der Waals surface area contributed by atoms with Gasteiger partial charge in [0.15, 0.2) is 0 Å². The Labute approximate surface area is 91.1 Å². The van der Waals surface area contributed by atoms with E-state index in [1.54, 1.807) is 0 Å². The van der Waals surface area contributed by atoms with E-state index in [9.17, 15) is 0 Å². The Hall–Kier alpha value is -0.870. The third-order valence-corrected chi connectivity index (χ3v) is 2.77. The van der Waals surface area contributed by atoms with Crippen LogP contribution < -0.4 is 5.73 Å². The minimum atomic E-state index is 0.139. The minimum Gasteiger partial charge on any atom is -0.328 e. The summed E-state index contributed by atoms with van der Waals surface area (Å²) in [6, 6.07) is 4.13. The summed E-state index contributed by atoms with van der Waals surface area (Å²) in [5, 5.41) is 0. The normalized spacial score (nSPS) is 13.4. The van der Waals surface area contributed by atoms with Crippen LogP contribution in [-0.4, -0.2) is 15.4 Å². The van der Waals surface area contributed by atoms with Gasteiger partial charge in [0.1, 0.15) is 5.82 Å². The van der Waals surface area contributed by atoms with Crippen molar-refractivity contribution >= 4 is 21.4 Å². The second kappa shape index (κ2) is 3.71. The maximum absolute atomic E-state index is 5.75. The second-order valence-electron chi connectivity index (χ2n) is 3.47. The summed E-state index contributed by atoms with van der Waals surface area (Å²) in [4.78, 5) is 4.35. The molecule has 0 aliphatic carbocycles. The molecule has 2 aromatic rings. The molecule has 74 valence electrons. The molecule has 4 heteroatoms. The minimum absolute atomic E-state index is 0.139. The Morgan fingerprint density at radius 2 is 2.43 bits per heavy atom. The van der Waals surface area contributed by atoms with Crippen LogP contribution in [0.2, 0.25) is 0 Å². The Balaban J connectivity index is 2.52. The van der Waals surface area contributed by atoms with E-state index >= 15 is 0 Å². The molecule has 0 bridgehead atoms. The average Bonchev–Trinajstić information content (AvgIpc) is 2.49. The van der Waals surface area contributed by atoms with Crippen molar-refractivity contribution in [2.45, 2.75) is 19.4 Å². The summed E-state index contributed by atoms with van der Waals surface area (Å²) in [6.45, 7) is 1.99. The number of hydrogen-bond acceptors (Lipinski definition) is 2. The van der Waals surface area contributed by atoms with Crippen LogP contribution in [0.5, 0.6) is 0 Å². The van der Waals surface area contributed by atoms with Gasteiger partial charge in [0.25, 0.3) is 0 Å². The molecule has 0 saturated carbocycles. The first-order chi connectivity index (χ1) is 6.68. The first-order valence-corrected chi connectivity index (χ1v) is 5.34. The maximum Gasteiger partial charge on any atom is 0.114 e. The van der Waals surface area contributed by atoms with Crippen molar-refractivity contribution in [1.29, 1.82) is 0 Å². The quantitative estimate of drug-likeness (QED) is 0.890. The zero-order valence-corrected chi connectivity index (χ0v) is 9.53. The summed E-state index contributed by atoms with van der Waals surface area (Å²) < 4.78 is 3.12. The SMILES string of the molecule is CC(N)Cc1ncc2c(Br)cccn12. The lowest BCUT2D eigenvalue weighted by Crippen LogP contribution is -2.19. The van der Waals surface area contributed by atoms with Crippen LogP contribution in [0, 0.1) is 0 Å². The summed E-state index contributed by atoms with van der Waals surface area (Å²) in [5.41, 5.74) is 6.83. The number of halogens is 1. The molecule has 2 aromatic heterocycles. The molecule has 0 aromatic carbocycles. The zero-order chi connectivity index (χ0) is 10.1. The number of pyridine rings is 1. The molecule has 0 radical (unpaired) electrons. The molecule has 0 spiro atoms. The molecule has 2 N–H and O–H groups in total. The van der Waals surface area contributed by atoms with Gasteiger partial charge in [-0.05, 0) is 35.0 Å². The molecule has 14 heavy (non-hydrogen) atoms. The first kappa shape index (κ1) is 9.68. The van der Waals surface area contributed by atoms with Gasteiger partial charge in [0.05, 0.1) is 11.7 Å². The summed E-state index contributed by atoms with van der Waals surface area (Å²) in [5.74, 6) is 1.01. The van der Waals surface area contributed by atoms with Gasteiger partial charge >= 0.3 is 0 Å². The lowest BCUT2D eigenvalue weighted by atomic mass is 10.2. The molecule has 0 saturated heterocycles. The Morgan fingerprint density at radius 1 is 1.64 bits per heavy atom. The highest BCUT2D eigenvalue weighted by atomic mass is 79.9. The highest BCUT2D eigenvalue weighted by Crippen LogP contribution is 2.18. The first-order valence-electron chi connectivity index (χ1n) is 4.54. The Morgan fingerprint density at radius 3 is 3.14 bits per heavy atom. The van der Waals surface area contributed by atoms with Crippen LogP contribution in [0.4, 0.5) is 0 Å². The predicted octanol–water partition coefficient (Wildman–Crippen LogP) is 1.99. The van der Waals surface area contributed by atoms with Gasteiger partial charge in [-0.1, -0.05) is 0 Å². The largest absolute Gasteiger partial charge is 0.328 e. The third kappa shape index (κ3) is 1.67. The molecule has 1 atom stereocenters. The number of hydrogen-bond donors (Lipinski definition) is 1. The van der Waals surface area contributed by atoms with Crippen LogP contribution in [0.1, 0.15) is 12.7 Å². The lowest BCUT2D eigenvalue weighted by molar-refractivity contribution is 0.700. The van der Waals surface area contributed by atoms with Gasteiger partial charge in [-0.2, -0.15) is 0 Å².